The lowest BCUT2D eigenvalue weighted by Gasteiger charge is -2.33. The Labute approximate surface area is 494 Å². The molecule has 3 aromatic carbocycles. The van der Waals surface area contributed by atoms with E-state index in [9.17, 15) is 120 Å². The Kier molecular flexibility index (Phi) is 24.4. The number of halogens is 21. The largest absolute Gasteiger partial charge is 0.430 e. The summed E-state index contributed by atoms with van der Waals surface area (Å²) in [6, 6.07) is 11.5. The molecule has 0 spiro atoms. The van der Waals surface area contributed by atoms with Gasteiger partial charge in [0.1, 0.15) is 13.4 Å². The predicted octanol–water partition coefficient (Wildman–Crippen LogP) is 15.5. The van der Waals surface area contributed by atoms with E-state index in [1.54, 1.807) is 0 Å². The van der Waals surface area contributed by atoms with Crippen molar-refractivity contribution in [2.24, 2.45) is 0 Å². The van der Waals surface area contributed by atoms with E-state index in [2.05, 4.69) is 0 Å². The number of sulfonamides is 3. The number of hydrogen-bond acceptors (Lipinski definition) is 12. The topological polar surface area (TPSA) is 173 Å². The minimum absolute atomic E-state index is 0. The molecule has 6 aromatic rings. The van der Waals surface area contributed by atoms with Crippen LogP contribution in [0, 0.1) is 0 Å². The summed E-state index contributed by atoms with van der Waals surface area (Å²) in [4.78, 5) is -0.566. The molecular weight excluding hydrogens is 1370 g/mol. The first kappa shape index (κ1) is 77.5. The lowest BCUT2D eigenvalue weighted by atomic mass is 9.92. The predicted molar refractivity (Wildman–Crippen MR) is 282 cm³/mol. The minimum atomic E-state index is -6.05. The summed E-state index contributed by atoms with van der Waals surface area (Å²) in [5, 5.41) is 30.7. The molecule has 0 saturated heterocycles. The summed E-state index contributed by atoms with van der Waals surface area (Å²) in [6.07, 6.45) is -36.2. The summed E-state index contributed by atoms with van der Waals surface area (Å²) in [7, 11) is -9.23. The molecule has 6 rings (SSSR count). The molecule has 0 aliphatic rings. The van der Waals surface area contributed by atoms with Crippen LogP contribution in [0.25, 0.3) is 0 Å². The monoisotopic (exact) mass is 1410 g/mol. The third kappa shape index (κ3) is 15.1. The Balaban J connectivity index is 0.000000619. The molecule has 0 amide bonds. The normalized spacial score (nSPS) is 13.2. The fourth-order valence-corrected chi connectivity index (χ4v) is 14.6. The van der Waals surface area contributed by atoms with Gasteiger partial charge in [-0.3, -0.25) is 12.9 Å². The number of anilines is 3. The van der Waals surface area contributed by atoms with Gasteiger partial charge in [-0.05, 0) is 60.0 Å². The van der Waals surface area contributed by atoms with Crippen molar-refractivity contribution >= 4 is 116 Å². The minimum Gasteiger partial charge on any atom is -0.369 e. The number of nitrogens with zero attached hydrogens (tertiary/aromatic N) is 3. The van der Waals surface area contributed by atoms with E-state index in [1.165, 1.54) is 22.9 Å². The maximum atomic E-state index is 12.9. The third-order valence-corrected chi connectivity index (χ3v) is 20.7. The smallest absolute Gasteiger partial charge is 0.369 e. The van der Waals surface area contributed by atoms with Crippen molar-refractivity contribution in [2.45, 2.75) is 90.1 Å². The maximum absolute atomic E-state index is 12.9. The quantitative estimate of drug-likeness (QED) is 0.101. The number of alkyl halides is 18. The summed E-state index contributed by atoms with van der Waals surface area (Å²) >= 11 is 19.7. The van der Waals surface area contributed by atoms with Crippen LogP contribution in [-0.4, -0.2) is 98.8 Å². The van der Waals surface area contributed by atoms with Crippen LogP contribution in [-0.2, 0) is 46.9 Å². The summed E-state index contributed by atoms with van der Waals surface area (Å²) in [6.45, 7) is 0. The molecular formula is C45H42Cl3F18N3O9S6. The average molecular weight is 1410 g/mol. The van der Waals surface area contributed by atoms with Crippen molar-refractivity contribution in [3.05, 3.63) is 138 Å². The van der Waals surface area contributed by atoms with Crippen LogP contribution in [0.1, 0.15) is 39.0 Å². The van der Waals surface area contributed by atoms with Gasteiger partial charge in [-0.1, -0.05) is 99.5 Å². The molecule has 3 N–H and O–H groups in total. The van der Waals surface area contributed by atoms with E-state index in [0.29, 0.717) is 61.4 Å². The van der Waals surface area contributed by atoms with Gasteiger partial charge in [0.15, 0.2) is 0 Å². The van der Waals surface area contributed by atoms with E-state index in [0.717, 1.165) is 91.6 Å². The molecule has 3 heterocycles. The van der Waals surface area contributed by atoms with Crippen LogP contribution in [0.15, 0.2) is 122 Å². The lowest BCUT2D eigenvalue weighted by Crippen LogP contribution is -2.53. The highest BCUT2D eigenvalue weighted by Crippen LogP contribution is 2.53. The van der Waals surface area contributed by atoms with Crippen molar-refractivity contribution in [2.75, 3.05) is 34.1 Å². The Morgan fingerprint density at radius 3 is 0.952 bits per heavy atom. The van der Waals surface area contributed by atoms with Gasteiger partial charge < -0.3 is 15.3 Å². The second-order valence-corrected chi connectivity index (χ2v) is 26.8. The molecule has 0 unspecified atom stereocenters. The zero-order chi connectivity index (χ0) is 62.5. The first-order valence-electron chi connectivity index (χ1n) is 20.5. The molecule has 3 aromatic heterocycles. The first-order valence-corrected chi connectivity index (χ1v) is 28.5. The number of rotatable bonds is 12. The fourth-order valence-electron chi connectivity index (χ4n) is 6.40. The molecule has 12 nitrogen and oxygen atoms in total. The summed E-state index contributed by atoms with van der Waals surface area (Å²) in [5.74, 6) is 0. The van der Waals surface area contributed by atoms with E-state index >= 15 is 0 Å². The number of hydrogen-bond donors (Lipinski definition) is 3. The Bertz CT molecular complexity index is 3440. The summed E-state index contributed by atoms with van der Waals surface area (Å²) < 4.78 is 308. The number of thiophene rings is 3. The molecule has 0 atom stereocenters. The zero-order valence-electron chi connectivity index (χ0n) is 39.4. The maximum Gasteiger partial charge on any atom is 0.430 e. The number of aliphatic hydroxyl groups is 3. The van der Waals surface area contributed by atoms with Crippen LogP contribution >= 0.6 is 68.8 Å². The van der Waals surface area contributed by atoms with Crippen LogP contribution in [0.5, 0.6) is 0 Å². The number of benzene rings is 3. The Morgan fingerprint density at radius 2 is 0.714 bits per heavy atom. The van der Waals surface area contributed by atoms with Crippen LogP contribution in [0.4, 0.5) is 96.1 Å². The highest BCUT2D eigenvalue weighted by Gasteiger charge is 2.73. The fraction of sp³-hybridized carbons (Fsp3) is 0.333. The van der Waals surface area contributed by atoms with Gasteiger partial charge in [0.25, 0.3) is 46.9 Å². The van der Waals surface area contributed by atoms with E-state index in [-0.39, 0.29) is 66.4 Å². The standard InChI is InChI=1S/C14H9Cl2F6NO3S2.C14H10ClF6NO3S2.C14H11F6NO3S2.3CH4/c1-23(28(25,26)9-6-10(15)27-11(9)16)8-4-2-7(3-5-8)12(24,13(17,18)19)14(20,21)22;1-22(27(24,25)10-6-11(15)26-7-10)9-4-2-8(3-5-9)12(23,13(16,17)18)14(19,20)21;1-21(26(23,24)11-3-2-8-25-11)10-6-4-9(5-7-10)12(22,13(15,16)17)14(18,19)20;;;/h2-6,24H,1H3;2-7,23H,1H3;2-8,22H,1H3;3*1H4. The third-order valence-electron chi connectivity index (χ3n) is 11.0. The van der Waals surface area contributed by atoms with Gasteiger partial charge in [-0.25, -0.2) is 25.3 Å². The van der Waals surface area contributed by atoms with Gasteiger partial charge in [0.2, 0.25) is 0 Å². The van der Waals surface area contributed by atoms with E-state index in [1.807, 2.05) is 0 Å². The second-order valence-electron chi connectivity index (χ2n) is 15.9. The van der Waals surface area contributed by atoms with Crippen molar-refractivity contribution in [3.63, 3.8) is 0 Å². The highest BCUT2D eigenvalue weighted by molar-refractivity contribution is 7.94. The van der Waals surface area contributed by atoms with Gasteiger partial charge in [-0.2, -0.15) is 79.0 Å². The Morgan fingerprint density at radius 1 is 0.417 bits per heavy atom. The van der Waals surface area contributed by atoms with Gasteiger partial charge in [0.05, 0.1) is 30.6 Å². The van der Waals surface area contributed by atoms with Gasteiger partial charge in [0, 0.05) is 43.2 Å². The zero-order valence-corrected chi connectivity index (χ0v) is 46.6. The molecule has 84 heavy (non-hydrogen) atoms. The molecule has 474 valence electrons. The van der Waals surface area contributed by atoms with E-state index in [4.69, 9.17) is 34.8 Å². The lowest BCUT2D eigenvalue weighted by molar-refractivity contribution is -0.376. The van der Waals surface area contributed by atoms with Crippen LogP contribution in [0.3, 0.4) is 0 Å². The highest BCUT2D eigenvalue weighted by atomic mass is 35.5. The van der Waals surface area contributed by atoms with Crippen LogP contribution in [0.2, 0.25) is 13.0 Å². The molecule has 0 saturated carbocycles. The second kappa shape index (κ2) is 26.5. The molecule has 0 radical (unpaired) electrons. The van der Waals surface area contributed by atoms with Crippen molar-refractivity contribution < 1.29 is 120 Å². The molecule has 39 heteroatoms. The summed E-state index contributed by atoms with van der Waals surface area (Å²) in [5.41, 5.74) is -20.4. The van der Waals surface area contributed by atoms with E-state index < -0.39 is 101 Å². The van der Waals surface area contributed by atoms with Gasteiger partial charge >= 0.3 is 37.1 Å². The van der Waals surface area contributed by atoms with Crippen molar-refractivity contribution in [1.82, 2.24) is 0 Å². The van der Waals surface area contributed by atoms with Crippen molar-refractivity contribution in [1.29, 1.82) is 0 Å². The molecule has 0 aliphatic carbocycles. The first-order chi connectivity index (χ1) is 36.4. The Hall–Kier alpha value is -4.50. The van der Waals surface area contributed by atoms with Crippen molar-refractivity contribution in [3.8, 4) is 0 Å². The average Bonchev–Trinajstić information content (AvgIpc) is 3.02. The molecule has 0 aliphatic heterocycles. The van der Waals surface area contributed by atoms with Crippen LogP contribution < -0.4 is 12.9 Å². The van der Waals surface area contributed by atoms with Gasteiger partial charge in [-0.15, -0.1) is 34.0 Å². The molecule has 0 fully saturated rings. The SMILES string of the molecule is C.C.C.CN(c1ccc(C(O)(C(F)(F)F)C(F)(F)F)cc1)S(=O)(=O)c1cc(Cl)sc1Cl.CN(c1ccc(C(O)(C(F)(F)F)C(F)(F)F)cc1)S(=O)(=O)c1cccs1.CN(c1ccc(C(O)(C(F)(F)F)C(F)(F)F)cc1)S(=O)(=O)c1csc(Cl)c1. The molecule has 0 bridgehead atoms.